The number of likely N-dealkylation sites (N-methyl/N-ethyl adjacent to an activating group) is 1. The van der Waals surface area contributed by atoms with Crippen LogP contribution in [-0.2, 0) is 16.0 Å². The Morgan fingerprint density at radius 3 is 2.48 bits per heavy atom. The zero-order valence-corrected chi connectivity index (χ0v) is 17.7. The highest BCUT2D eigenvalue weighted by atomic mass is 16.5. The highest BCUT2D eigenvalue weighted by Gasteiger charge is 2.39. The molecule has 156 valence electrons. The average Bonchev–Trinajstić information content (AvgIpc) is 2.74. The number of benzene rings is 2. The van der Waals surface area contributed by atoms with Crippen molar-refractivity contribution in [2.45, 2.75) is 19.3 Å². The molecule has 1 fully saturated rings. The van der Waals surface area contributed by atoms with E-state index in [1.54, 1.807) is 7.11 Å². The molecule has 0 atom stereocenters. The van der Waals surface area contributed by atoms with Crippen LogP contribution in [0.5, 0.6) is 5.75 Å². The van der Waals surface area contributed by atoms with Gasteiger partial charge in [0.1, 0.15) is 5.75 Å². The predicted molar refractivity (Wildman–Crippen MR) is 116 cm³/mol. The summed E-state index contributed by atoms with van der Waals surface area (Å²) in [7, 11) is 5.70. The van der Waals surface area contributed by atoms with Crippen molar-refractivity contribution in [3.8, 4) is 16.9 Å². The first-order chi connectivity index (χ1) is 14.0. The van der Waals surface area contributed by atoms with Gasteiger partial charge in [-0.3, -0.25) is 4.79 Å². The molecule has 0 unspecified atom stereocenters. The largest absolute Gasteiger partial charge is 0.497 e. The summed E-state index contributed by atoms with van der Waals surface area (Å²) in [5, 5.41) is 3.15. The molecule has 0 aliphatic carbocycles. The predicted octanol–water partition coefficient (Wildman–Crippen LogP) is 3.38. The number of carbonyl (C=O) groups is 1. The van der Waals surface area contributed by atoms with Crippen LogP contribution in [0.1, 0.15) is 18.4 Å². The molecule has 1 amide bonds. The third-order valence-corrected chi connectivity index (χ3v) is 5.67. The van der Waals surface area contributed by atoms with Gasteiger partial charge >= 0.3 is 0 Å². The van der Waals surface area contributed by atoms with Crippen LogP contribution in [-0.4, -0.2) is 58.3 Å². The van der Waals surface area contributed by atoms with E-state index in [-0.39, 0.29) is 5.91 Å². The Bertz CT molecular complexity index is 796. The zero-order valence-electron chi connectivity index (χ0n) is 17.7. The van der Waals surface area contributed by atoms with Gasteiger partial charge in [0.2, 0.25) is 5.91 Å². The summed E-state index contributed by atoms with van der Waals surface area (Å²) in [6, 6.07) is 16.6. The maximum Gasteiger partial charge on any atom is 0.226 e. The van der Waals surface area contributed by atoms with Crippen LogP contribution >= 0.6 is 0 Å². The molecule has 5 nitrogen and oxygen atoms in total. The summed E-state index contributed by atoms with van der Waals surface area (Å²) in [5.41, 5.74) is 3.08. The second-order valence-corrected chi connectivity index (χ2v) is 8.06. The van der Waals surface area contributed by atoms with Crippen molar-refractivity contribution in [2.24, 2.45) is 5.41 Å². The molecule has 1 N–H and O–H groups in total. The van der Waals surface area contributed by atoms with Crippen LogP contribution in [0.3, 0.4) is 0 Å². The number of amides is 1. The SMILES string of the molecule is COc1ccc(-c2cccc(CC3(C(=O)NCCN(C)C)CCOCC3)c2)cc1. The van der Waals surface area contributed by atoms with E-state index in [1.807, 2.05) is 26.2 Å². The molecule has 0 bridgehead atoms. The van der Waals surface area contributed by atoms with Crippen LogP contribution in [0.15, 0.2) is 48.5 Å². The number of hydrogen-bond acceptors (Lipinski definition) is 4. The fraction of sp³-hybridized carbons (Fsp3) is 0.458. The summed E-state index contributed by atoms with van der Waals surface area (Å²) < 4.78 is 10.8. The van der Waals surface area contributed by atoms with Gasteiger partial charge in [-0.15, -0.1) is 0 Å². The maximum atomic E-state index is 13.1. The lowest BCUT2D eigenvalue weighted by atomic mass is 9.74. The molecule has 0 saturated carbocycles. The second kappa shape index (κ2) is 9.90. The minimum absolute atomic E-state index is 0.150. The lowest BCUT2D eigenvalue weighted by Crippen LogP contribution is -2.47. The normalized spacial score (nSPS) is 15.9. The Labute approximate surface area is 174 Å². The van der Waals surface area contributed by atoms with Crippen LogP contribution in [0.2, 0.25) is 0 Å². The fourth-order valence-corrected chi connectivity index (χ4v) is 3.86. The monoisotopic (exact) mass is 396 g/mol. The first kappa shape index (κ1) is 21.3. The van der Waals surface area contributed by atoms with Gasteiger partial charge in [-0.05, 0) is 62.2 Å². The Hall–Kier alpha value is -2.37. The number of ether oxygens (including phenoxy) is 2. The number of methoxy groups -OCH3 is 1. The van der Waals surface area contributed by atoms with Gasteiger partial charge in [-0.2, -0.15) is 0 Å². The Balaban J connectivity index is 1.77. The Kier molecular flexibility index (Phi) is 7.29. The van der Waals surface area contributed by atoms with E-state index in [2.05, 4.69) is 46.6 Å². The van der Waals surface area contributed by atoms with E-state index in [0.29, 0.717) is 19.8 Å². The summed E-state index contributed by atoms with van der Waals surface area (Å²) in [6.45, 7) is 2.78. The van der Waals surface area contributed by atoms with Crippen molar-refractivity contribution in [3.63, 3.8) is 0 Å². The van der Waals surface area contributed by atoms with E-state index >= 15 is 0 Å². The molecule has 5 heteroatoms. The highest BCUT2D eigenvalue weighted by Crippen LogP contribution is 2.35. The number of carbonyl (C=O) groups excluding carboxylic acids is 1. The molecule has 0 radical (unpaired) electrons. The minimum Gasteiger partial charge on any atom is -0.497 e. The van der Waals surface area contributed by atoms with Gasteiger partial charge in [0, 0.05) is 26.3 Å². The minimum atomic E-state index is -0.400. The van der Waals surface area contributed by atoms with Crippen molar-refractivity contribution >= 4 is 5.91 Å². The molecule has 2 aromatic rings. The van der Waals surface area contributed by atoms with E-state index < -0.39 is 5.41 Å². The molecule has 1 aliphatic rings. The number of hydrogen-bond donors (Lipinski definition) is 1. The van der Waals surface area contributed by atoms with Gasteiger partial charge in [0.15, 0.2) is 0 Å². The molecule has 1 aliphatic heterocycles. The molecule has 3 rings (SSSR count). The summed E-state index contributed by atoms with van der Waals surface area (Å²) in [5.74, 6) is 0.998. The molecule has 0 spiro atoms. The smallest absolute Gasteiger partial charge is 0.226 e. The van der Waals surface area contributed by atoms with Crippen molar-refractivity contribution in [3.05, 3.63) is 54.1 Å². The summed E-state index contributed by atoms with van der Waals surface area (Å²) in [4.78, 5) is 15.2. The number of nitrogens with one attached hydrogen (secondary N) is 1. The topological polar surface area (TPSA) is 50.8 Å². The molecule has 1 heterocycles. The molecule has 0 aromatic heterocycles. The standard InChI is InChI=1S/C24H32N2O3/c1-26(2)14-13-25-23(27)24(11-15-29-16-12-24)18-19-5-4-6-21(17-19)20-7-9-22(28-3)10-8-20/h4-10,17H,11-16,18H2,1-3H3,(H,25,27). The van der Waals surface area contributed by atoms with Crippen LogP contribution in [0, 0.1) is 5.41 Å². The van der Waals surface area contributed by atoms with Crippen molar-refractivity contribution in [1.29, 1.82) is 0 Å². The van der Waals surface area contributed by atoms with E-state index in [1.165, 1.54) is 5.56 Å². The van der Waals surface area contributed by atoms with Crippen molar-refractivity contribution < 1.29 is 14.3 Å². The van der Waals surface area contributed by atoms with Crippen molar-refractivity contribution in [2.75, 3.05) is 47.5 Å². The van der Waals surface area contributed by atoms with Gasteiger partial charge in [-0.25, -0.2) is 0 Å². The molecule has 29 heavy (non-hydrogen) atoms. The highest BCUT2D eigenvalue weighted by molar-refractivity contribution is 5.83. The molecular formula is C24H32N2O3. The molecular weight excluding hydrogens is 364 g/mol. The Morgan fingerprint density at radius 1 is 1.10 bits per heavy atom. The lowest BCUT2D eigenvalue weighted by molar-refractivity contribution is -0.136. The van der Waals surface area contributed by atoms with Gasteiger partial charge in [-0.1, -0.05) is 36.4 Å². The van der Waals surface area contributed by atoms with Crippen LogP contribution < -0.4 is 10.1 Å². The van der Waals surface area contributed by atoms with Crippen LogP contribution in [0.25, 0.3) is 11.1 Å². The average molecular weight is 397 g/mol. The van der Waals surface area contributed by atoms with Crippen LogP contribution in [0.4, 0.5) is 0 Å². The lowest BCUT2D eigenvalue weighted by Gasteiger charge is -2.36. The van der Waals surface area contributed by atoms with Gasteiger partial charge < -0.3 is 19.7 Å². The van der Waals surface area contributed by atoms with E-state index in [4.69, 9.17) is 9.47 Å². The molecule has 1 saturated heterocycles. The Morgan fingerprint density at radius 2 is 1.83 bits per heavy atom. The summed E-state index contributed by atoms with van der Waals surface area (Å²) in [6.07, 6.45) is 2.25. The van der Waals surface area contributed by atoms with Crippen molar-refractivity contribution in [1.82, 2.24) is 10.2 Å². The zero-order chi connectivity index (χ0) is 20.7. The van der Waals surface area contributed by atoms with E-state index in [9.17, 15) is 4.79 Å². The maximum absolute atomic E-state index is 13.1. The second-order valence-electron chi connectivity index (χ2n) is 8.06. The first-order valence-corrected chi connectivity index (χ1v) is 10.3. The molecule has 2 aromatic carbocycles. The van der Waals surface area contributed by atoms with Gasteiger partial charge in [0.05, 0.1) is 12.5 Å². The summed E-state index contributed by atoms with van der Waals surface area (Å²) >= 11 is 0. The third kappa shape index (κ3) is 5.58. The number of nitrogens with zero attached hydrogens (tertiary/aromatic N) is 1. The fourth-order valence-electron chi connectivity index (χ4n) is 3.86. The number of rotatable bonds is 8. The first-order valence-electron chi connectivity index (χ1n) is 10.3. The van der Waals surface area contributed by atoms with Gasteiger partial charge in [0.25, 0.3) is 0 Å². The third-order valence-electron chi connectivity index (χ3n) is 5.67. The van der Waals surface area contributed by atoms with E-state index in [0.717, 1.165) is 42.7 Å². The quantitative estimate of drug-likeness (QED) is 0.743.